The number of halogens is 2. The SMILES string of the molecule is Cc1oc(=S)n(CN2CCN(S(=O)(=O)c3ccc(F)c(F)c3)CC2)c1C. The van der Waals surface area contributed by atoms with Crippen molar-refractivity contribution in [3.05, 3.63) is 46.1 Å². The monoisotopic (exact) mass is 403 g/mol. The van der Waals surface area contributed by atoms with Crippen molar-refractivity contribution < 1.29 is 21.6 Å². The molecule has 0 spiro atoms. The fourth-order valence-electron chi connectivity index (χ4n) is 2.85. The van der Waals surface area contributed by atoms with Crippen molar-refractivity contribution in [1.82, 2.24) is 13.8 Å². The maximum atomic E-state index is 13.4. The lowest BCUT2D eigenvalue weighted by Crippen LogP contribution is -2.48. The summed E-state index contributed by atoms with van der Waals surface area (Å²) in [6, 6.07) is 2.62. The minimum Gasteiger partial charge on any atom is -0.435 e. The lowest BCUT2D eigenvalue weighted by molar-refractivity contribution is 0.149. The average molecular weight is 403 g/mol. The molecule has 1 aliphatic rings. The predicted octanol–water partition coefficient (Wildman–Crippen LogP) is 2.67. The van der Waals surface area contributed by atoms with Gasteiger partial charge in [-0.15, -0.1) is 0 Å². The largest absolute Gasteiger partial charge is 0.435 e. The maximum Gasteiger partial charge on any atom is 0.270 e. The topological polar surface area (TPSA) is 58.7 Å². The minimum absolute atomic E-state index is 0.242. The molecule has 2 aromatic rings. The van der Waals surface area contributed by atoms with E-state index in [4.69, 9.17) is 16.6 Å². The third-order valence-corrected chi connectivity index (χ3v) is 6.78. The third-order valence-electron chi connectivity index (χ3n) is 4.58. The first-order chi connectivity index (χ1) is 12.2. The Morgan fingerprint density at radius 1 is 1.12 bits per heavy atom. The van der Waals surface area contributed by atoms with E-state index in [9.17, 15) is 17.2 Å². The quantitative estimate of drug-likeness (QED) is 0.735. The number of hydrogen-bond acceptors (Lipinski definition) is 5. The Morgan fingerprint density at radius 2 is 1.77 bits per heavy atom. The van der Waals surface area contributed by atoms with E-state index in [0.29, 0.717) is 30.7 Å². The second kappa shape index (κ2) is 7.18. The molecule has 1 aromatic heterocycles. The molecular formula is C16H19F2N3O3S2. The Hall–Kier alpha value is -1.62. The van der Waals surface area contributed by atoms with Crippen molar-refractivity contribution in [3.8, 4) is 0 Å². The van der Waals surface area contributed by atoms with Crippen LogP contribution < -0.4 is 0 Å². The highest BCUT2D eigenvalue weighted by molar-refractivity contribution is 7.89. The van der Waals surface area contributed by atoms with Gasteiger partial charge in [0.05, 0.1) is 17.3 Å². The van der Waals surface area contributed by atoms with Crippen LogP contribution in [0.4, 0.5) is 8.78 Å². The van der Waals surface area contributed by atoms with E-state index < -0.39 is 21.7 Å². The van der Waals surface area contributed by atoms with Crippen LogP contribution >= 0.6 is 12.2 Å². The van der Waals surface area contributed by atoms with Gasteiger partial charge in [0.25, 0.3) is 4.84 Å². The van der Waals surface area contributed by atoms with Crippen LogP contribution in [-0.4, -0.2) is 48.4 Å². The third kappa shape index (κ3) is 3.59. The van der Waals surface area contributed by atoms with Gasteiger partial charge in [-0.3, -0.25) is 9.47 Å². The van der Waals surface area contributed by atoms with E-state index in [0.717, 1.165) is 23.6 Å². The molecule has 1 aromatic carbocycles. The summed E-state index contributed by atoms with van der Waals surface area (Å²) in [5.41, 5.74) is 0.937. The lowest BCUT2D eigenvalue weighted by atomic mass is 10.3. The Labute approximate surface area is 155 Å². The van der Waals surface area contributed by atoms with Crippen molar-refractivity contribution in [2.45, 2.75) is 25.4 Å². The second-order valence-corrected chi connectivity index (χ2v) is 8.46. The van der Waals surface area contributed by atoms with E-state index in [-0.39, 0.29) is 18.0 Å². The zero-order valence-electron chi connectivity index (χ0n) is 14.4. The fourth-order valence-corrected chi connectivity index (χ4v) is 4.60. The van der Waals surface area contributed by atoms with Crippen molar-refractivity contribution in [3.63, 3.8) is 0 Å². The van der Waals surface area contributed by atoms with Gasteiger partial charge in [-0.25, -0.2) is 17.2 Å². The Balaban J connectivity index is 1.69. The number of sulfonamides is 1. The van der Waals surface area contributed by atoms with Crippen molar-refractivity contribution in [2.75, 3.05) is 26.2 Å². The molecule has 0 radical (unpaired) electrons. The smallest absolute Gasteiger partial charge is 0.270 e. The highest BCUT2D eigenvalue weighted by Crippen LogP contribution is 2.20. The number of benzene rings is 1. The molecule has 10 heteroatoms. The van der Waals surface area contributed by atoms with Crippen LogP contribution in [0, 0.1) is 30.3 Å². The van der Waals surface area contributed by atoms with E-state index >= 15 is 0 Å². The summed E-state index contributed by atoms with van der Waals surface area (Å²) in [6.07, 6.45) is 0. The molecule has 1 aliphatic heterocycles. The number of nitrogens with zero attached hydrogens (tertiary/aromatic N) is 3. The first-order valence-corrected chi connectivity index (χ1v) is 9.89. The number of oxazole rings is 1. The summed E-state index contributed by atoms with van der Waals surface area (Å²) in [6.45, 7) is 5.77. The number of aryl methyl sites for hydroxylation is 1. The van der Waals surface area contributed by atoms with Crippen LogP contribution in [0.25, 0.3) is 0 Å². The molecule has 6 nitrogen and oxygen atoms in total. The molecular weight excluding hydrogens is 384 g/mol. The normalized spacial score (nSPS) is 16.9. The summed E-state index contributed by atoms with van der Waals surface area (Å²) in [5, 5.41) is 0. The molecule has 0 unspecified atom stereocenters. The van der Waals surface area contributed by atoms with Gasteiger partial charge in [0, 0.05) is 26.2 Å². The molecule has 0 N–H and O–H groups in total. The summed E-state index contributed by atoms with van der Waals surface area (Å²) in [7, 11) is -3.86. The fraction of sp³-hybridized carbons (Fsp3) is 0.438. The average Bonchev–Trinajstić information content (AvgIpc) is 2.84. The van der Waals surface area contributed by atoms with Gasteiger partial charge in [0.2, 0.25) is 10.0 Å². The van der Waals surface area contributed by atoms with Gasteiger partial charge in [0.15, 0.2) is 11.6 Å². The molecule has 0 bridgehead atoms. The van der Waals surface area contributed by atoms with Crippen LogP contribution in [-0.2, 0) is 16.7 Å². The van der Waals surface area contributed by atoms with Crippen LogP contribution in [0.3, 0.4) is 0 Å². The number of piperazine rings is 1. The highest BCUT2D eigenvalue weighted by atomic mass is 32.2. The van der Waals surface area contributed by atoms with Gasteiger partial charge in [0.1, 0.15) is 5.76 Å². The van der Waals surface area contributed by atoms with E-state index in [2.05, 4.69) is 4.90 Å². The Kier molecular flexibility index (Phi) is 5.29. The zero-order valence-corrected chi connectivity index (χ0v) is 16.0. The standard InChI is InChI=1S/C16H19F2N3O3S2/c1-11-12(2)24-16(25)21(11)10-19-5-7-20(8-6-19)26(22,23)13-3-4-14(17)15(18)9-13/h3-4,9H,5-8,10H2,1-2H3. The van der Waals surface area contributed by atoms with Crippen LogP contribution in [0.15, 0.2) is 27.5 Å². The van der Waals surface area contributed by atoms with E-state index in [1.54, 1.807) is 0 Å². The first kappa shape index (κ1) is 19.2. The molecule has 0 atom stereocenters. The molecule has 2 heterocycles. The molecule has 0 saturated carbocycles. The number of hydrogen-bond donors (Lipinski definition) is 0. The molecule has 26 heavy (non-hydrogen) atoms. The van der Waals surface area contributed by atoms with Crippen molar-refractivity contribution in [1.29, 1.82) is 0 Å². The molecule has 3 rings (SSSR count). The van der Waals surface area contributed by atoms with Gasteiger partial charge in [-0.05, 0) is 44.3 Å². The highest BCUT2D eigenvalue weighted by Gasteiger charge is 2.29. The van der Waals surface area contributed by atoms with Crippen LogP contribution in [0.5, 0.6) is 0 Å². The summed E-state index contributed by atoms with van der Waals surface area (Å²) in [5.74, 6) is -1.49. The summed E-state index contributed by atoms with van der Waals surface area (Å²) >= 11 is 5.20. The van der Waals surface area contributed by atoms with E-state index in [1.165, 1.54) is 4.31 Å². The van der Waals surface area contributed by atoms with Gasteiger partial charge < -0.3 is 4.42 Å². The zero-order chi connectivity index (χ0) is 19.1. The number of rotatable bonds is 4. The molecule has 1 saturated heterocycles. The van der Waals surface area contributed by atoms with Crippen LogP contribution in [0.1, 0.15) is 11.5 Å². The van der Waals surface area contributed by atoms with Gasteiger partial charge >= 0.3 is 0 Å². The van der Waals surface area contributed by atoms with Crippen molar-refractivity contribution in [2.24, 2.45) is 0 Å². The Morgan fingerprint density at radius 3 is 2.31 bits per heavy atom. The molecule has 1 fully saturated rings. The molecule has 142 valence electrons. The van der Waals surface area contributed by atoms with Crippen molar-refractivity contribution >= 4 is 22.2 Å². The Bertz CT molecular complexity index is 977. The summed E-state index contributed by atoms with van der Waals surface area (Å²) < 4.78 is 60.2. The van der Waals surface area contributed by atoms with Gasteiger partial charge in [-0.1, -0.05) is 0 Å². The predicted molar refractivity (Wildman–Crippen MR) is 93.7 cm³/mol. The second-order valence-electron chi connectivity index (χ2n) is 6.18. The minimum atomic E-state index is -3.86. The molecule has 0 aliphatic carbocycles. The number of aromatic nitrogens is 1. The van der Waals surface area contributed by atoms with E-state index in [1.807, 2.05) is 18.4 Å². The van der Waals surface area contributed by atoms with Crippen LogP contribution in [0.2, 0.25) is 0 Å². The maximum absolute atomic E-state index is 13.4. The lowest BCUT2D eigenvalue weighted by Gasteiger charge is -2.34. The molecule has 0 amide bonds. The van der Waals surface area contributed by atoms with Gasteiger partial charge in [-0.2, -0.15) is 4.31 Å². The first-order valence-electron chi connectivity index (χ1n) is 8.04. The summed E-state index contributed by atoms with van der Waals surface area (Å²) in [4.78, 5) is 2.21.